The number of halogens is 1. The summed E-state index contributed by atoms with van der Waals surface area (Å²) in [6, 6.07) is 13.3. The molecule has 0 heterocycles. The van der Waals surface area contributed by atoms with E-state index in [-0.39, 0.29) is 11.9 Å². The first-order chi connectivity index (χ1) is 9.56. The third kappa shape index (κ3) is 3.90. The quantitative estimate of drug-likeness (QED) is 0.841. The molecule has 0 aromatic heterocycles. The molecule has 0 bridgehead atoms. The molecule has 0 unspecified atom stereocenters. The highest BCUT2D eigenvalue weighted by Crippen LogP contribution is 2.27. The van der Waals surface area contributed by atoms with Crippen LogP contribution in [0.1, 0.15) is 19.4 Å². The van der Waals surface area contributed by atoms with Gasteiger partial charge in [0.2, 0.25) is 0 Å². The second-order valence-electron chi connectivity index (χ2n) is 4.80. The number of phenolic OH excluding ortho intramolecular Hbond substituents is 1. The lowest BCUT2D eigenvalue weighted by Crippen LogP contribution is -2.08. The average Bonchev–Trinajstić information content (AvgIpc) is 2.41. The number of phenols is 1. The van der Waals surface area contributed by atoms with Crippen molar-refractivity contribution in [2.45, 2.75) is 26.5 Å². The Morgan fingerprint density at radius 1 is 1.20 bits per heavy atom. The Morgan fingerprint density at radius 2 is 1.95 bits per heavy atom. The molecule has 0 saturated carbocycles. The van der Waals surface area contributed by atoms with Crippen LogP contribution in [0.2, 0.25) is 0 Å². The fraction of sp³-hybridized carbons (Fsp3) is 0.250. The minimum absolute atomic E-state index is 0.140. The van der Waals surface area contributed by atoms with Crippen molar-refractivity contribution in [3.8, 4) is 11.5 Å². The molecular weight excluding hydrogens is 318 g/mol. The zero-order valence-corrected chi connectivity index (χ0v) is 13.1. The van der Waals surface area contributed by atoms with Gasteiger partial charge in [0.1, 0.15) is 11.5 Å². The maximum atomic E-state index is 9.48. The minimum Gasteiger partial charge on any atom is -0.507 e. The van der Waals surface area contributed by atoms with Crippen LogP contribution in [-0.4, -0.2) is 11.2 Å². The van der Waals surface area contributed by atoms with Gasteiger partial charge in [-0.05, 0) is 59.6 Å². The summed E-state index contributed by atoms with van der Waals surface area (Å²) in [5.41, 5.74) is 2.04. The number of hydrogen-bond acceptors (Lipinski definition) is 3. The van der Waals surface area contributed by atoms with Gasteiger partial charge in [0.05, 0.1) is 16.3 Å². The van der Waals surface area contributed by atoms with Crippen molar-refractivity contribution in [2.24, 2.45) is 0 Å². The molecule has 2 aromatic rings. The van der Waals surface area contributed by atoms with Gasteiger partial charge in [-0.2, -0.15) is 0 Å². The van der Waals surface area contributed by atoms with Gasteiger partial charge < -0.3 is 15.2 Å². The van der Waals surface area contributed by atoms with Crippen molar-refractivity contribution < 1.29 is 9.84 Å². The van der Waals surface area contributed by atoms with Gasteiger partial charge >= 0.3 is 0 Å². The molecule has 4 heteroatoms. The fourth-order valence-corrected chi connectivity index (χ4v) is 2.25. The van der Waals surface area contributed by atoms with Crippen LogP contribution >= 0.6 is 15.9 Å². The van der Waals surface area contributed by atoms with Crippen molar-refractivity contribution >= 4 is 21.6 Å². The Balaban J connectivity index is 2.08. The largest absolute Gasteiger partial charge is 0.507 e. The number of ether oxygens (including phenoxy) is 1. The maximum absolute atomic E-state index is 9.48. The summed E-state index contributed by atoms with van der Waals surface area (Å²) in [5, 5.41) is 12.8. The van der Waals surface area contributed by atoms with E-state index in [1.165, 1.54) is 0 Å². The Bertz CT molecular complexity index is 584. The number of anilines is 1. The van der Waals surface area contributed by atoms with E-state index >= 15 is 0 Å². The Morgan fingerprint density at radius 3 is 2.65 bits per heavy atom. The fourth-order valence-electron chi connectivity index (χ4n) is 1.83. The van der Waals surface area contributed by atoms with Crippen LogP contribution in [0.5, 0.6) is 11.5 Å². The second-order valence-corrected chi connectivity index (χ2v) is 5.66. The van der Waals surface area contributed by atoms with Crippen molar-refractivity contribution in [3.05, 3.63) is 52.5 Å². The third-order valence-electron chi connectivity index (χ3n) is 2.74. The van der Waals surface area contributed by atoms with Crippen molar-refractivity contribution in [2.75, 3.05) is 5.32 Å². The molecule has 0 spiro atoms. The van der Waals surface area contributed by atoms with E-state index in [1.807, 2.05) is 50.2 Å². The van der Waals surface area contributed by atoms with Gasteiger partial charge in [0.25, 0.3) is 0 Å². The molecule has 0 aliphatic heterocycles. The predicted molar refractivity (Wildman–Crippen MR) is 85.3 cm³/mol. The monoisotopic (exact) mass is 335 g/mol. The summed E-state index contributed by atoms with van der Waals surface area (Å²) in [5.74, 6) is 1.10. The maximum Gasteiger partial charge on any atom is 0.142 e. The second kappa shape index (κ2) is 6.66. The number of nitrogens with one attached hydrogen (secondary N) is 1. The molecule has 2 aromatic carbocycles. The summed E-state index contributed by atoms with van der Waals surface area (Å²) in [7, 11) is 0. The first-order valence-electron chi connectivity index (χ1n) is 6.53. The highest BCUT2D eigenvalue weighted by Gasteiger charge is 2.05. The Kier molecular flexibility index (Phi) is 4.90. The van der Waals surface area contributed by atoms with E-state index < -0.39 is 0 Å². The topological polar surface area (TPSA) is 41.5 Å². The summed E-state index contributed by atoms with van der Waals surface area (Å²) in [4.78, 5) is 0. The van der Waals surface area contributed by atoms with Gasteiger partial charge in [-0.25, -0.2) is 0 Å². The van der Waals surface area contributed by atoms with Gasteiger partial charge in [0.15, 0.2) is 0 Å². The molecule has 0 atom stereocenters. The summed E-state index contributed by atoms with van der Waals surface area (Å²) >= 11 is 3.32. The smallest absolute Gasteiger partial charge is 0.142 e. The number of para-hydroxylation sites is 2. The van der Waals surface area contributed by atoms with E-state index in [2.05, 4.69) is 21.2 Å². The van der Waals surface area contributed by atoms with Crippen molar-refractivity contribution in [1.82, 2.24) is 0 Å². The van der Waals surface area contributed by atoms with Crippen molar-refractivity contribution in [1.29, 1.82) is 0 Å². The van der Waals surface area contributed by atoms with Gasteiger partial charge in [0, 0.05) is 6.54 Å². The van der Waals surface area contributed by atoms with Crippen LogP contribution in [0.4, 0.5) is 5.69 Å². The molecule has 0 amide bonds. The van der Waals surface area contributed by atoms with Crippen LogP contribution in [-0.2, 0) is 6.54 Å². The van der Waals surface area contributed by atoms with E-state index in [4.69, 9.17) is 4.74 Å². The first-order valence-corrected chi connectivity index (χ1v) is 7.32. The van der Waals surface area contributed by atoms with Crippen LogP contribution in [0.3, 0.4) is 0 Å². The molecule has 20 heavy (non-hydrogen) atoms. The van der Waals surface area contributed by atoms with Gasteiger partial charge in [-0.1, -0.05) is 18.2 Å². The number of benzene rings is 2. The molecule has 3 nitrogen and oxygen atoms in total. The molecule has 0 saturated heterocycles. The van der Waals surface area contributed by atoms with Crippen LogP contribution in [0.15, 0.2) is 46.9 Å². The molecule has 2 rings (SSSR count). The third-order valence-corrected chi connectivity index (χ3v) is 3.38. The Labute approximate surface area is 127 Å². The van der Waals surface area contributed by atoms with Crippen LogP contribution < -0.4 is 10.1 Å². The number of rotatable bonds is 5. The zero-order chi connectivity index (χ0) is 14.5. The normalized spacial score (nSPS) is 10.6. The highest BCUT2D eigenvalue weighted by molar-refractivity contribution is 9.10. The molecule has 2 N–H and O–H groups in total. The minimum atomic E-state index is 0.140. The zero-order valence-electron chi connectivity index (χ0n) is 11.6. The lowest BCUT2D eigenvalue weighted by molar-refractivity contribution is 0.243. The molecule has 0 radical (unpaired) electrons. The summed E-state index contributed by atoms with van der Waals surface area (Å²) in [6.07, 6.45) is 0.140. The molecular formula is C16H18BrNO2. The lowest BCUT2D eigenvalue weighted by atomic mass is 10.2. The molecule has 0 aliphatic carbocycles. The van der Waals surface area contributed by atoms with E-state index in [1.54, 1.807) is 6.07 Å². The molecule has 106 valence electrons. The van der Waals surface area contributed by atoms with E-state index in [0.29, 0.717) is 11.0 Å². The molecule has 0 aliphatic rings. The lowest BCUT2D eigenvalue weighted by Gasteiger charge is -2.15. The SMILES string of the molecule is CC(C)Oc1ccccc1NCc1ccc(O)c(Br)c1. The van der Waals surface area contributed by atoms with Crippen LogP contribution in [0.25, 0.3) is 0 Å². The van der Waals surface area contributed by atoms with E-state index in [9.17, 15) is 5.11 Å². The van der Waals surface area contributed by atoms with Crippen LogP contribution in [0, 0.1) is 0 Å². The first kappa shape index (κ1) is 14.7. The summed E-state index contributed by atoms with van der Waals surface area (Å²) in [6.45, 7) is 4.68. The van der Waals surface area contributed by atoms with E-state index in [0.717, 1.165) is 17.0 Å². The van der Waals surface area contributed by atoms with Gasteiger partial charge in [-0.3, -0.25) is 0 Å². The molecule has 0 fully saturated rings. The number of hydrogen-bond donors (Lipinski definition) is 2. The standard InChI is InChI=1S/C16H18BrNO2/c1-11(2)20-16-6-4-3-5-14(16)18-10-12-7-8-15(19)13(17)9-12/h3-9,11,18-19H,10H2,1-2H3. The average molecular weight is 336 g/mol. The summed E-state index contributed by atoms with van der Waals surface area (Å²) < 4.78 is 6.46. The predicted octanol–water partition coefficient (Wildman–Crippen LogP) is 4.55. The Hall–Kier alpha value is -1.68. The number of aromatic hydroxyl groups is 1. The highest BCUT2D eigenvalue weighted by atomic mass is 79.9. The van der Waals surface area contributed by atoms with Crippen molar-refractivity contribution in [3.63, 3.8) is 0 Å². The van der Waals surface area contributed by atoms with Gasteiger partial charge in [-0.15, -0.1) is 0 Å².